The zero-order valence-electron chi connectivity index (χ0n) is 8.27. The van der Waals surface area contributed by atoms with Crippen LogP contribution in [0.15, 0.2) is 35.7 Å². The molecule has 0 spiro atoms. The van der Waals surface area contributed by atoms with Crippen LogP contribution in [0.3, 0.4) is 0 Å². The molecular weight excluding hydrogens is 248 g/mol. The molecule has 1 aromatic rings. The Morgan fingerprint density at radius 1 is 1.56 bits per heavy atom. The molecule has 0 bridgehead atoms. The number of nitrogens with zero attached hydrogens (tertiary/aromatic N) is 1. The summed E-state index contributed by atoms with van der Waals surface area (Å²) in [6.07, 6.45) is 1.43. The molecular formula is C10H9ClN2O2S. The number of hydrogen-bond donors (Lipinski definition) is 1. The second-order valence-corrected chi connectivity index (χ2v) is 5.04. The predicted octanol–water partition coefficient (Wildman–Crippen LogP) is 1.68. The van der Waals surface area contributed by atoms with E-state index >= 15 is 0 Å². The van der Waals surface area contributed by atoms with Crippen molar-refractivity contribution in [2.45, 2.75) is 4.90 Å². The first-order chi connectivity index (χ1) is 7.51. The molecule has 0 aromatic heterocycles. The van der Waals surface area contributed by atoms with Gasteiger partial charge < -0.3 is 0 Å². The SMILES string of the molecule is C=CCNS(=O)(=O)c1ccc(C#N)cc1Cl. The van der Waals surface area contributed by atoms with Crippen LogP contribution in [0.5, 0.6) is 0 Å². The Morgan fingerprint density at radius 3 is 2.75 bits per heavy atom. The van der Waals surface area contributed by atoms with Crippen molar-refractivity contribution in [1.82, 2.24) is 4.72 Å². The maximum absolute atomic E-state index is 11.7. The highest BCUT2D eigenvalue weighted by molar-refractivity contribution is 7.89. The van der Waals surface area contributed by atoms with E-state index < -0.39 is 10.0 Å². The first-order valence-electron chi connectivity index (χ1n) is 4.31. The monoisotopic (exact) mass is 256 g/mol. The van der Waals surface area contributed by atoms with Crippen molar-refractivity contribution in [3.05, 3.63) is 41.4 Å². The number of benzene rings is 1. The largest absolute Gasteiger partial charge is 0.242 e. The Hall–Kier alpha value is -1.35. The molecule has 0 atom stereocenters. The summed E-state index contributed by atoms with van der Waals surface area (Å²) in [5.74, 6) is 0. The minimum Gasteiger partial charge on any atom is -0.207 e. The van der Waals surface area contributed by atoms with E-state index in [4.69, 9.17) is 16.9 Å². The Morgan fingerprint density at radius 2 is 2.25 bits per heavy atom. The summed E-state index contributed by atoms with van der Waals surface area (Å²) in [5.41, 5.74) is 0.313. The molecule has 0 aliphatic rings. The molecule has 0 heterocycles. The number of rotatable bonds is 4. The van der Waals surface area contributed by atoms with Crippen LogP contribution in [0.2, 0.25) is 5.02 Å². The zero-order valence-corrected chi connectivity index (χ0v) is 9.85. The highest BCUT2D eigenvalue weighted by Gasteiger charge is 2.16. The molecule has 0 aliphatic carbocycles. The molecule has 1 aromatic carbocycles. The highest BCUT2D eigenvalue weighted by Crippen LogP contribution is 2.22. The van der Waals surface area contributed by atoms with Crippen molar-refractivity contribution in [3.63, 3.8) is 0 Å². The van der Waals surface area contributed by atoms with Crippen molar-refractivity contribution in [2.24, 2.45) is 0 Å². The summed E-state index contributed by atoms with van der Waals surface area (Å²) < 4.78 is 25.7. The maximum atomic E-state index is 11.7. The van der Waals surface area contributed by atoms with E-state index in [0.29, 0.717) is 5.56 Å². The van der Waals surface area contributed by atoms with Gasteiger partial charge in [-0.2, -0.15) is 5.26 Å². The van der Waals surface area contributed by atoms with Crippen LogP contribution in [-0.2, 0) is 10.0 Å². The first-order valence-corrected chi connectivity index (χ1v) is 6.17. The van der Waals surface area contributed by atoms with Crippen molar-refractivity contribution >= 4 is 21.6 Å². The van der Waals surface area contributed by atoms with Gasteiger partial charge in [0, 0.05) is 6.54 Å². The van der Waals surface area contributed by atoms with Gasteiger partial charge >= 0.3 is 0 Å². The summed E-state index contributed by atoms with van der Waals surface area (Å²) in [6.45, 7) is 3.53. The van der Waals surface area contributed by atoms with Gasteiger partial charge in [-0.05, 0) is 18.2 Å². The normalized spacial score (nSPS) is 10.8. The lowest BCUT2D eigenvalue weighted by molar-refractivity contribution is 0.585. The van der Waals surface area contributed by atoms with Crippen molar-refractivity contribution in [2.75, 3.05) is 6.54 Å². The number of sulfonamides is 1. The first kappa shape index (κ1) is 12.7. The van der Waals surface area contributed by atoms with Crippen LogP contribution >= 0.6 is 11.6 Å². The molecule has 0 aliphatic heterocycles. The second kappa shape index (κ2) is 5.12. The molecule has 0 radical (unpaired) electrons. The van der Waals surface area contributed by atoms with Crippen LogP contribution in [0.1, 0.15) is 5.56 Å². The van der Waals surface area contributed by atoms with E-state index in [-0.39, 0.29) is 16.5 Å². The molecule has 0 fully saturated rings. The van der Waals surface area contributed by atoms with E-state index in [1.165, 1.54) is 24.3 Å². The van der Waals surface area contributed by atoms with Gasteiger partial charge in [0.2, 0.25) is 10.0 Å². The lowest BCUT2D eigenvalue weighted by Crippen LogP contribution is -2.23. The van der Waals surface area contributed by atoms with E-state index in [0.717, 1.165) is 0 Å². The summed E-state index contributed by atoms with van der Waals surface area (Å²) in [6, 6.07) is 5.88. The minimum atomic E-state index is -3.64. The third-order valence-electron chi connectivity index (χ3n) is 1.77. The third kappa shape index (κ3) is 2.83. The van der Waals surface area contributed by atoms with Crippen molar-refractivity contribution < 1.29 is 8.42 Å². The van der Waals surface area contributed by atoms with Gasteiger partial charge in [0.1, 0.15) is 4.90 Å². The van der Waals surface area contributed by atoms with E-state index in [1.807, 2.05) is 6.07 Å². The number of nitrogens with one attached hydrogen (secondary N) is 1. The van der Waals surface area contributed by atoms with Crippen molar-refractivity contribution in [1.29, 1.82) is 5.26 Å². The average molecular weight is 257 g/mol. The van der Waals surface area contributed by atoms with Gasteiger partial charge in [-0.1, -0.05) is 17.7 Å². The Balaban J connectivity index is 3.15. The number of nitriles is 1. The molecule has 0 unspecified atom stereocenters. The quantitative estimate of drug-likeness (QED) is 0.833. The van der Waals surface area contributed by atoms with Gasteiger partial charge in [-0.3, -0.25) is 0 Å². The molecule has 1 rings (SSSR count). The molecule has 6 heteroatoms. The summed E-state index contributed by atoms with van der Waals surface area (Å²) >= 11 is 5.78. The fraction of sp³-hybridized carbons (Fsp3) is 0.100. The predicted molar refractivity (Wildman–Crippen MR) is 61.6 cm³/mol. The fourth-order valence-electron chi connectivity index (χ4n) is 1.03. The lowest BCUT2D eigenvalue weighted by Gasteiger charge is -2.06. The van der Waals surface area contributed by atoms with Crippen LogP contribution in [-0.4, -0.2) is 15.0 Å². The van der Waals surface area contributed by atoms with Crippen LogP contribution in [0.25, 0.3) is 0 Å². The molecule has 0 amide bonds. The topological polar surface area (TPSA) is 70.0 Å². The molecule has 1 N–H and O–H groups in total. The molecule has 16 heavy (non-hydrogen) atoms. The van der Waals surface area contributed by atoms with Gasteiger partial charge in [-0.15, -0.1) is 6.58 Å². The van der Waals surface area contributed by atoms with Crippen LogP contribution in [0, 0.1) is 11.3 Å². The summed E-state index contributed by atoms with van der Waals surface area (Å²) in [4.78, 5) is -0.0463. The third-order valence-corrected chi connectivity index (χ3v) is 3.67. The fourth-order valence-corrected chi connectivity index (χ4v) is 2.58. The Bertz CT molecular complexity index is 546. The van der Waals surface area contributed by atoms with E-state index in [9.17, 15) is 8.42 Å². The minimum absolute atomic E-state index is 0.0237. The summed E-state index contributed by atoms with van der Waals surface area (Å²) in [7, 11) is -3.64. The van der Waals surface area contributed by atoms with Crippen LogP contribution in [0.4, 0.5) is 0 Å². The smallest absolute Gasteiger partial charge is 0.207 e. The number of halogens is 1. The van der Waals surface area contributed by atoms with Gasteiger partial charge in [0.15, 0.2) is 0 Å². The van der Waals surface area contributed by atoms with Crippen molar-refractivity contribution in [3.8, 4) is 6.07 Å². The number of hydrogen-bond acceptors (Lipinski definition) is 3. The molecule has 0 saturated heterocycles. The molecule has 4 nitrogen and oxygen atoms in total. The lowest BCUT2D eigenvalue weighted by atomic mass is 10.2. The standard InChI is InChI=1S/C10H9ClN2O2S/c1-2-5-13-16(14,15)10-4-3-8(7-12)6-9(10)11/h2-4,6,13H,1,5H2. The molecule has 0 saturated carbocycles. The highest BCUT2D eigenvalue weighted by atomic mass is 35.5. The molecule has 84 valence electrons. The van der Waals surface area contributed by atoms with E-state index in [2.05, 4.69) is 11.3 Å². The summed E-state index contributed by atoms with van der Waals surface area (Å²) in [5, 5.41) is 8.63. The average Bonchev–Trinajstić information content (AvgIpc) is 2.25. The van der Waals surface area contributed by atoms with Crippen LogP contribution < -0.4 is 4.72 Å². The second-order valence-electron chi connectivity index (χ2n) is 2.90. The van der Waals surface area contributed by atoms with Gasteiger partial charge in [0.05, 0.1) is 16.7 Å². The van der Waals surface area contributed by atoms with Gasteiger partial charge in [-0.25, -0.2) is 13.1 Å². The maximum Gasteiger partial charge on any atom is 0.242 e. The Kier molecular flexibility index (Phi) is 4.07. The van der Waals surface area contributed by atoms with E-state index in [1.54, 1.807) is 0 Å². The zero-order chi connectivity index (χ0) is 12.2. The van der Waals surface area contributed by atoms with Gasteiger partial charge in [0.25, 0.3) is 0 Å². The Labute approximate surface area is 99.2 Å².